The molecule has 0 saturated carbocycles. The van der Waals surface area contributed by atoms with Crippen LogP contribution in [0.25, 0.3) is 0 Å². The van der Waals surface area contributed by atoms with Gasteiger partial charge in [0.1, 0.15) is 0 Å². The summed E-state index contributed by atoms with van der Waals surface area (Å²) in [5.41, 5.74) is 3.31. The van der Waals surface area contributed by atoms with Crippen LogP contribution in [-0.4, -0.2) is 30.3 Å². The van der Waals surface area contributed by atoms with Gasteiger partial charge >= 0.3 is 5.97 Å². The summed E-state index contributed by atoms with van der Waals surface area (Å²) in [6.07, 6.45) is 1.42. The molecule has 0 unspecified atom stereocenters. The summed E-state index contributed by atoms with van der Waals surface area (Å²) in [4.78, 5) is 24.0. The average Bonchev–Trinajstić information content (AvgIpc) is 3.29. The molecule has 1 heterocycles. The number of furan rings is 1. The van der Waals surface area contributed by atoms with Gasteiger partial charge in [-0.3, -0.25) is 4.79 Å². The molecule has 0 radical (unpaired) electrons. The quantitative estimate of drug-likeness (QED) is 0.276. The van der Waals surface area contributed by atoms with Crippen molar-refractivity contribution >= 4 is 18.1 Å². The van der Waals surface area contributed by atoms with Crippen LogP contribution in [0.3, 0.4) is 0 Å². The number of hydrogen-bond acceptors (Lipinski definition) is 7. The van der Waals surface area contributed by atoms with Gasteiger partial charge in [-0.1, -0.05) is 30.3 Å². The number of benzene rings is 2. The van der Waals surface area contributed by atoms with Crippen LogP contribution in [-0.2, 0) is 4.79 Å². The molecule has 0 aliphatic carbocycles. The van der Waals surface area contributed by atoms with E-state index in [9.17, 15) is 14.7 Å². The van der Waals surface area contributed by atoms with E-state index in [0.717, 1.165) is 0 Å². The number of aliphatic hydroxyl groups is 1. The van der Waals surface area contributed by atoms with Gasteiger partial charge in [-0.05, 0) is 41.5 Å². The Morgan fingerprint density at radius 1 is 1.10 bits per heavy atom. The predicted molar refractivity (Wildman–Crippen MR) is 104 cm³/mol. The molecule has 0 saturated heterocycles. The Morgan fingerprint density at radius 3 is 2.59 bits per heavy atom. The van der Waals surface area contributed by atoms with Gasteiger partial charge in [-0.25, -0.2) is 10.2 Å². The second-order valence-corrected chi connectivity index (χ2v) is 5.82. The second kappa shape index (κ2) is 9.34. The van der Waals surface area contributed by atoms with Crippen LogP contribution in [0, 0.1) is 0 Å². The van der Waals surface area contributed by atoms with E-state index in [1.807, 2.05) is 0 Å². The van der Waals surface area contributed by atoms with Crippen molar-refractivity contribution in [3.8, 4) is 11.5 Å². The molecule has 0 aliphatic heterocycles. The highest BCUT2D eigenvalue weighted by molar-refractivity contribution is 5.89. The molecule has 1 amide bonds. The van der Waals surface area contributed by atoms with E-state index in [-0.39, 0.29) is 11.5 Å². The van der Waals surface area contributed by atoms with Crippen molar-refractivity contribution < 1.29 is 28.6 Å². The van der Waals surface area contributed by atoms with Crippen molar-refractivity contribution in [3.05, 3.63) is 83.8 Å². The number of rotatable bonds is 7. The molecular formula is C21H18N2O6. The van der Waals surface area contributed by atoms with Crippen molar-refractivity contribution in [2.24, 2.45) is 5.10 Å². The number of aliphatic hydroxyl groups excluding tert-OH is 1. The van der Waals surface area contributed by atoms with Gasteiger partial charge in [0, 0.05) is 0 Å². The molecule has 8 heteroatoms. The van der Waals surface area contributed by atoms with Crippen LogP contribution in [0.2, 0.25) is 0 Å². The van der Waals surface area contributed by atoms with Gasteiger partial charge in [0.2, 0.25) is 5.76 Å². The third kappa shape index (κ3) is 5.08. The molecule has 0 bridgehead atoms. The van der Waals surface area contributed by atoms with Gasteiger partial charge in [-0.2, -0.15) is 5.10 Å². The first kappa shape index (κ1) is 19.8. The third-order valence-corrected chi connectivity index (χ3v) is 3.86. The molecule has 3 aromatic rings. The Kier molecular flexibility index (Phi) is 6.39. The van der Waals surface area contributed by atoms with Crippen LogP contribution < -0.4 is 14.9 Å². The molecule has 8 nitrogen and oxygen atoms in total. The van der Waals surface area contributed by atoms with Crippen LogP contribution in [0.1, 0.15) is 27.8 Å². The minimum absolute atomic E-state index is 0.0670. The monoisotopic (exact) mass is 394 g/mol. The van der Waals surface area contributed by atoms with Crippen molar-refractivity contribution in [2.45, 2.75) is 6.10 Å². The zero-order valence-corrected chi connectivity index (χ0v) is 15.4. The van der Waals surface area contributed by atoms with E-state index in [4.69, 9.17) is 13.9 Å². The molecule has 0 spiro atoms. The van der Waals surface area contributed by atoms with Crippen molar-refractivity contribution in [1.29, 1.82) is 0 Å². The number of esters is 1. The lowest BCUT2D eigenvalue weighted by Crippen LogP contribution is -2.25. The molecule has 148 valence electrons. The lowest BCUT2D eigenvalue weighted by Gasteiger charge is -2.09. The van der Waals surface area contributed by atoms with E-state index in [1.54, 1.807) is 48.5 Å². The maximum Gasteiger partial charge on any atom is 0.379 e. The fourth-order valence-electron chi connectivity index (χ4n) is 2.41. The van der Waals surface area contributed by atoms with Gasteiger partial charge in [-0.15, -0.1) is 0 Å². The van der Waals surface area contributed by atoms with E-state index in [0.29, 0.717) is 16.9 Å². The average molecular weight is 394 g/mol. The summed E-state index contributed by atoms with van der Waals surface area (Å²) >= 11 is 0. The van der Waals surface area contributed by atoms with Crippen molar-refractivity contribution in [1.82, 2.24) is 5.43 Å². The maximum absolute atomic E-state index is 12.0. The largest absolute Gasteiger partial charge is 0.493 e. The predicted octanol–water partition coefficient (Wildman–Crippen LogP) is 2.69. The fraction of sp³-hybridized carbons (Fsp3) is 0.0952. The summed E-state index contributed by atoms with van der Waals surface area (Å²) in [6, 6.07) is 16.3. The normalized spacial score (nSPS) is 11.8. The Bertz CT molecular complexity index is 999. The van der Waals surface area contributed by atoms with E-state index in [1.165, 1.54) is 31.7 Å². The number of amides is 1. The smallest absolute Gasteiger partial charge is 0.379 e. The highest BCUT2D eigenvalue weighted by atomic mass is 16.6. The Hall–Kier alpha value is -3.91. The van der Waals surface area contributed by atoms with Crippen LogP contribution in [0.5, 0.6) is 11.5 Å². The lowest BCUT2D eigenvalue weighted by molar-refractivity contribution is -0.129. The Labute approximate surface area is 166 Å². The highest BCUT2D eigenvalue weighted by Gasteiger charge is 2.16. The van der Waals surface area contributed by atoms with E-state index < -0.39 is 18.0 Å². The lowest BCUT2D eigenvalue weighted by atomic mass is 10.1. The van der Waals surface area contributed by atoms with Crippen LogP contribution >= 0.6 is 0 Å². The number of hydrazone groups is 1. The maximum atomic E-state index is 12.0. The summed E-state index contributed by atoms with van der Waals surface area (Å²) in [7, 11) is 1.43. The van der Waals surface area contributed by atoms with Crippen molar-refractivity contribution in [3.63, 3.8) is 0 Å². The number of hydrogen-bond donors (Lipinski definition) is 2. The zero-order valence-electron chi connectivity index (χ0n) is 15.4. The summed E-state index contributed by atoms with van der Waals surface area (Å²) in [6.45, 7) is 0. The van der Waals surface area contributed by atoms with Gasteiger partial charge < -0.3 is 19.0 Å². The second-order valence-electron chi connectivity index (χ2n) is 5.82. The number of nitrogens with zero attached hydrogens (tertiary/aromatic N) is 1. The number of nitrogens with one attached hydrogen (secondary N) is 1. The first-order valence-electron chi connectivity index (χ1n) is 8.58. The summed E-state index contributed by atoms with van der Waals surface area (Å²) in [5.74, 6) is -0.753. The van der Waals surface area contributed by atoms with Gasteiger partial charge in [0.05, 0.1) is 19.6 Å². The van der Waals surface area contributed by atoms with Gasteiger partial charge in [0.15, 0.2) is 17.6 Å². The minimum Gasteiger partial charge on any atom is -0.493 e. The Morgan fingerprint density at radius 2 is 1.90 bits per heavy atom. The standard InChI is InChI=1S/C21H18N2O6/c1-27-18-12-14(9-10-16(18)29-21(26)17-8-5-11-28-17)13-22-23-20(25)19(24)15-6-3-2-4-7-15/h2-13,19,24H,1H3,(H,23,25)/b22-13-/t19-/m0/s1. The van der Waals surface area contributed by atoms with Crippen molar-refractivity contribution in [2.75, 3.05) is 7.11 Å². The molecule has 2 aromatic carbocycles. The third-order valence-electron chi connectivity index (χ3n) is 3.86. The number of carbonyl (C=O) groups is 2. The number of methoxy groups -OCH3 is 1. The summed E-state index contributed by atoms with van der Waals surface area (Å²) in [5, 5.41) is 13.8. The number of carbonyl (C=O) groups excluding carboxylic acids is 2. The van der Waals surface area contributed by atoms with E-state index >= 15 is 0 Å². The molecule has 0 aliphatic rings. The molecular weight excluding hydrogens is 376 g/mol. The molecule has 2 N–H and O–H groups in total. The molecule has 1 atom stereocenters. The van der Waals surface area contributed by atoms with Gasteiger partial charge in [0.25, 0.3) is 5.91 Å². The topological polar surface area (TPSA) is 110 Å². The van der Waals surface area contributed by atoms with Crippen LogP contribution in [0.15, 0.2) is 76.4 Å². The molecule has 0 fully saturated rings. The highest BCUT2D eigenvalue weighted by Crippen LogP contribution is 2.28. The molecule has 1 aromatic heterocycles. The zero-order chi connectivity index (χ0) is 20.6. The van der Waals surface area contributed by atoms with Crippen LogP contribution in [0.4, 0.5) is 0 Å². The minimum atomic E-state index is -1.33. The molecule has 29 heavy (non-hydrogen) atoms. The fourth-order valence-corrected chi connectivity index (χ4v) is 2.41. The van der Waals surface area contributed by atoms with E-state index in [2.05, 4.69) is 10.5 Å². The Balaban J connectivity index is 1.63. The number of ether oxygens (including phenoxy) is 2. The first-order valence-corrected chi connectivity index (χ1v) is 8.58. The molecule has 3 rings (SSSR count). The SMILES string of the molecule is COc1cc(/C=N\NC(=O)[C@@H](O)c2ccccc2)ccc1OC(=O)c1ccco1. The summed E-state index contributed by atoms with van der Waals surface area (Å²) < 4.78 is 15.5. The first-order chi connectivity index (χ1) is 14.1.